The van der Waals surface area contributed by atoms with Crippen LogP contribution in [0.15, 0.2) is 54.6 Å². The van der Waals surface area contributed by atoms with Gasteiger partial charge in [-0.05, 0) is 42.8 Å². The van der Waals surface area contributed by atoms with Crippen molar-refractivity contribution in [3.05, 3.63) is 60.2 Å². The van der Waals surface area contributed by atoms with Crippen molar-refractivity contribution in [2.45, 2.75) is 6.92 Å². The minimum atomic E-state index is 0.720. The number of aryl methyl sites for hydroxylation is 1. The maximum Gasteiger partial charge on any atom is 0.145 e. The highest BCUT2D eigenvalue weighted by atomic mass is 15.4. The second-order valence-corrected chi connectivity index (χ2v) is 4.72. The number of nitrogens with one attached hydrogen (secondary N) is 2. The number of nitrogen functional groups attached to an aromatic ring is 1. The third-order valence-electron chi connectivity index (χ3n) is 3.15. The smallest absolute Gasteiger partial charge is 0.145 e. The quantitative estimate of drug-likeness (QED) is 0.500. The number of aromatic nitrogens is 1. The van der Waals surface area contributed by atoms with Crippen molar-refractivity contribution in [3.8, 4) is 0 Å². The summed E-state index contributed by atoms with van der Waals surface area (Å²) in [6.45, 7) is 2.06. The Kier molecular flexibility index (Phi) is 3.13. The van der Waals surface area contributed by atoms with Crippen molar-refractivity contribution in [2.24, 2.45) is 0 Å². The van der Waals surface area contributed by atoms with Crippen LogP contribution in [0.4, 0.5) is 17.2 Å². The number of pyridine rings is 1. The van der Waals surface area contributed by atoms with E-state index in [4.69, 9.17) is 5.73 Å². The summed E-state index contributed by atoms with van der Waals surface area (Å²) in [6.07, 6.45) is 0. The Labute approximate surface area is 117 Å². The Balaban J connectivity index is 1.88. The molecule has 0 spiro atoms. The summed E-state index contributed by atoms with van der Waals surface area (Å²) in [6, 6.07) is 17.7. The van der Waals surface area contributed by atoms with Gasteiger partial charge in [0.15, 0.2) is 0 Å². The van der Waals surface area contributed by atoms with Crippen LogP contribution in [0.25, 0.3) is 10.9 Å². The number of anilines is 3. The third-order valence-corrected chi connectivity index (χ3v) is 3.15. The molecule has 0 unspecified atom stereocenters. The van der Waals surface area contributed by atoms with Gasteiger partial charge in [-0.2, -0.15) is 0 Å². The first-order valence-electron chi connectivity index (χ1n) is 6.46. The van der Waals surface area contributed by atoms with Gasteiger partial charge in [-0.25, -0.2) is 4.98 Å². The normalized spacial score (nSPS) is 10.4. The molecule has 0 fully saturated rings. The molecule has 100 valence electrons. The van der Waals surface area contributed by atoms with Gasteiger partial charge in [0.2, 0.25) is 0 Å². The Hall–Kier alpha value is -2.75. The van der Waals surface area contributed by atoms with Gasteiger partial charge in [0.05, 0.1) is 11.2 Å². The van der Waals surface area contributed by atoms with Crippen LogP contribution in [0.5, 0.6) is 0 Å². The molecule has 0 bridgehead atoms. The molecular weight excluding hydrogens is 248 g/mol. The largest absolute Gasteiger partial charge is 0.399 e. The molecule has 0 aliphatic rings. The number of hydrogen-bond donors (Lipinski definition) is 3. The summed E-state index contributed by atoms with van der Waals surface area (Å²) >= 11 is 0. The van der Waals surface area contributed by atoms with Crippen LogP contribution in [0.3, 0.4) is 0 Å². The summed E-state index contributed by atoms with van der Waals surface area (Å²) in [5.41, 5.74) is 15.8. The van der Waals surface area contributed by atoms with Crippen molar-refractivity contribution in [3.63, 3.8) is 0 Å². The molecule has 0 amide bonds. The van der Waals surface area contributed by atoms with Crippen molar-refractivity contribution in [1.29, 1.82) is 0 Å². The summed E-state index contributed by atoms with van der Waals surface area (Å²) in [5.74, 6) is 0.768. The second kappa shape index (κ2) is 5.09. The fraction of sp³-hybridized carbons (Fsp3) is 0.0625. The zero-order valence-corrected chi connectivity index (χ0v) is 11.2. The molecule has 0 aliphatic carbocycles. The Morgan fingerprint density at radius 1 is 0.950 bits per heavy atom. The fourth-order valence-corrected chi connectivity index (χ4v) is 2.14. The Morgan fingerprint density at radius 3 is 2.55 bits per heavy atom. The molecule has 0 saturated heterocycles. The van der Waals surface area contributed by atoms with Crippen LogP contribution >= 0.6 is 0 Å². The summed E-state index contributed by atoms with van der Waals surface area (Å²) in [7, 11) is 0. The molecule has 1 heterocycles. The molecule has 3 rings (SSSR count). The maximum absolute atomic E-state index is 5.81. The van der Waals surface area contributed by atoms with E-state index in [0.717, 1.165) is 33.7 Å². The zero-order valence-electron chi connectivity index (χ0n) is 11.2. The van der Waals surface area contributed by atoms with E-state index in [1.165, 1.54) is 0 Å². The zero-order chi connectivity index (χ0) is 13.9. The van der Waals surface area contributed by atoms with Gasteiger partial charge in [-0.3, -0.25) is 10.9 Å². The van der Waals surface area contributed by atoms with Gasteiger partial charge in [0.1, 0.15) is 5.82 Å². The minimum Gasteiger partial charge on any atom is -0.399 e. The van der Waals surface area contributed by atoms with Gasteiger partial charge in [0.25, 0.3) is 0 Å². The number of nitrogens with two attached hydrogens (primary N) is 1. The number of benzene rings is 2. The first kappa shape index (κ1) is 12.3. The monoisotopic (exact) mass is 264 g/mol. The van der Waals surface area contributed by atoms with Crippen LogP contribution in [-0.4, -0.2) is 4.98 Å². The summed E-state index contributed by atoms with van der Waals surface area (Å²) in [4.78, 5) is 4.56. The van der Waals surface area contributed by atoms with Crippen LogP contribution in [-0.2, 0) is 0 Å². The predicted octanol–water partition coefficient (Wildman–Crippen LogP) is 3.56. The van der Waals surface area contributed by atoms with E-state index in [1.54, 1.807) is 0 Å². The number of nitrogens with zero attached hydrogens (tertiary/aromatic N) is 1. The number of para-hydroxylation sites is 1. The molecule has 0 aliphatic heterocycles. The van der Waals surface area contributed by atoms with Gasteiger partial charge in [-0.1, -0.05) is 24.3 Å². The predicted molar refractivity (Wildman–Crippen MR) is 84.6 cm³/mol. The number of hydrazine groups is 1. The lowest BCUT2D eigenvalue weighted by molar-refractivity contribution is 1.29. The van der Waals surface area contributed by atoms with Gasteiger partial charge >= 0.3 is 0 Å². The summed E-state index contributed by atoms with van der Waals surface area (Å²) in [5, 5.41) is 1.12. The van der Waals surface area contributed by atoms with E-state index in [9.17, 15) is 0 Å². The molecule has 0 saturated carbocycles. The molecule has 4 N–H and O–H groups in total. The van der Waals surface area contributed by atoms with Gasteiger partial charge in [0, 0.05) is 11.1 Å². The molecule has 20 heavy (non-hydrogen) atoms. The first-order chi connectivity index (χ1) is 9.72. The molecule has 0 atom stereocenters. The maximum atomic E-state index is 5.81. The van der Waals surface area contributed by atoms with Crippen LogP contribution < -0.4 is 16.6 Å². The number of fused-ring (bicyclic) bond motifs is 1. The molecule has 2 aromatic carbocycles. The van der Waals surface area contributed by atoms with E-state index in [1.807, 2.05) is 54.6 Å². The van der Waals surface area contributed by atoms with Crippen molar-refractivity contribution in [1.82, 2.24) is 4.98 Å². The molecule has 3 aromatic rings. The highest BCUT2D eigenvalue weighted by Gasteiger charge is 2.03. The highest BCUT2D eigenvalue weighted by molar-refractivity contribution is 5.86. The molecular formula is C16H16N4. The van der Waals surface area contributed by atoms with E-state index in [2.05, 4.69) is 22.8 Å². The fourth-order valence-electron chi connectivity index (χ4n) is 2.14. The van der Waals surface area contributed by atoms with Crippen molar-refractivity contribution in [2.75, 3.05) is 16.6 Å². The molecule has 0 radical (unpaired) electrons. The number of hydrogen-bond acceptors (Lipinski definition) is 4. The van der Waals surface area contributed by atoms with Crippen molar-refractivity contribution >= 4 is 28.1 Å². The average molecular weight is 264 g/mol. The van der Waals surface area contributed by atoms with Crippen LogP contribution in [0, 0.1) is 6.92 Å². The standard InChI is InChI=1S/C16H16N4/c1-11-9-16(20-19-13-5-3-2-4-6-13)18-15-10-12(17)7-8-14(11)15/h2-10,19H,17H2,1H3,(H,18,20). The van der Waals surface area contributed by atoms with E-state index in [0.29, 0.717) is 0 Å². The second-order valence-electron chi connectivity index (χ2n) is 4.72. The lowest BCUT2D eigenvalue weighted by atomic mass is 10.1. The van der Waals surface area contributed by atoms with E-state index in [-0.39, 0.29) is 0 Å². The first-order valence-corrected chi connectivity index (χ1v) is 6.46. The van der Waals surface area contributed by atoms with Gasteiger partial charge < -0.3 is 5.73 Å². The van der Waals surface area contributed by atoms with E-state index >= 15 is 0 Å². The Morgan fingerprint density at radius 2 is 1.75 bits per heavy atom. The lowest BCUT2D eigenvalue weighted by Crippen LogP contribution is -2.10. The Bertz CT molecular complexity index is 738. The average Bonchev–Trinajstić information content (AvgIpc) is 2.46. The van der Waals surface area contributed by atoms with E-state index < -0.39 is 0 Å². The highest BCUT2D eigenvalue weighted by Crippen LogP contribution is 2.22. The molecule has 4 nitrogen and oxygen atoms in total. The molecule has 1 aromatic heterocycles. The topological polar surface area (TPSA) is 63.0 Å². The minimum absolute atomic E-state index is 0.720. The van der Waals surface area contributed by atoms with Crippen LogP contribution in [0.2, 0.25) is 0 Å². The lowest BCUT2D eigenvalue weighted by Gasteiger charge is -2.11. The van der Waals surface area contributed by atoms with Gasteiger partial charge in [-0.15, -0.1) is 0 Å². The van der Waals surface area contributed by atoms with Crippen molar-refractivity contribution < 1.29 is 0 Å². The summed E-state index contributed by atoms with van der Waals surface area (Å²) < 4.78 is 0. The number of rotatable bonds is 3. The van der Waals surface area contributed by atoms with Crippen LogP contribution in [0.1, 0.15) is 5.56 Å². The SMILES string of the molecule is Cc1cc(NNc2ccccc2)nc2cc(N)ccc12. The molecule has 4 heteroatoms. The third kappa shape index (κ3) is 2.49.